The van der Waals surface area contributed by atoms with Crippen LogP contribution >= 0.6 is 0 Å². The van der Waals surface area contributed by atoms with E-state index in [4.69, 9.17) is 0 Å². The molecule has 1 aliphatic carbocycles. The predicted molar refractivity (Wildman–Crippen MR) is 101 cm³/mol. The second-order valence-corrected chi connectivity index (χ2v) is 7.56. The summed E-state index contributed by atoms with van der Waals surface area (Å²) < 4.78 is 1.99. The van der Waals surface area contributed by atoms with Crippen molar-refractivity contribution in [3.63, 3.8) is 0 Å². The summed E-state index contributed by atoms with van der Waals surface area (Å²) in [5, 5.41) is 7.79. The number of aryl methyl sites for hydroxylation is 2. The van der Waals surface area contributed by atoms with E-state index in [1.807, 2.05) is 21.7 Å². The molecule has 0 atom stereocenters. The van der Waals surface area contributed by atoms with Crippen LogP contribution < -0.4 is 5.32 Å². The molecule has 144 valence electrons. The van der Waals surface area contributed by atoms with Gasteiger partial charge in [0, 0.05) is 38.2 Å². The molecule has 2 aliphatic rings. The maximum Gasteiger partial charge on any atom is 0.270 e. The van der Waals surface area contributed by atoms with Gasteiger partial charge in [-0.25, -0.2) is 0 Å². The molecule has 0 saturated heterocycles. The third kappa shape index (κ3) is 4.23. The molecule has 0 unspecified atom stereocenters. The second kappa shape index (κ2) is 7.98. The van der Waals surface area contributed by atoms with Gasteiger partial charge in [-0.1, -0.05) is 12.8 Å². The first kappa shape index (κ1) is 17.8. The summed E-state index contributed by atoms with van der Waals surface area (Å²) in [6.45, 7) is 2.08. The predicted octanol–water partition coefficient (Wildman–Crippen LogP) is 2.25. The molecule has 7 nitrogen and oxygen atoms in total. The summed E-state index contributed by atoms with van der Waals surface area (Å²) in [6.07, 6.45) is 8.41. The van der Waals surface area contributed by atoms with Gasteiger partial charge in [-0.3, -0.25) is 14.3 Å². The normalized spacial score (nSPS) is 17.6. The standard InChI is InChI=1S/C20H27N5O2/c26-19(22-15-5-1-2-6-15)9-8-16-13-17-14-24(11-4-12-25(17)23-16)20(27)18-7-3-10-21-18/h3,7,10,13,15,21H,1-2,4-6,8-9,11-12,14H2,(H,22,26). The van der Waals surface area contributed by atoms with Crippen LogP contribution in [0.1, 0.15) is 60.4 Å². The van der Waals surface area contributed by atoms with Crippen molar-refractivity contribution in [2.24, 2.45) is 0 Å². The van der Waals surface area contributed by atoms with E-state index in [0.717, 1.165) is 43.7 Å². The third-order valence-corrected chi connectivity index (χ3v) is 5.51. The fourth-order valence-electron chi connectivity index (χ4n) is 4.06. The van der Waals surface area contributed by atoms with Gasteiger partial charge in [0.05, 0.1) is 17.9 Å². The van der Waals surface area contributed by atoms with Crippen molar-refractivity contribution in [1.29, 1.82) is 0 Å². The lowest BCUT2D eigenvalue weighted by molar-refractivity contribution is -0.121. The number of aromatic amines is 1. The van der Waals surface area contributed by atoms with Crippen LogP contribution in [0.25, 0.3) is 0 Å². The number of nitrogens with zero attached hydrogens (tertiary/aromatic N) is 3. The fraction of sp³-hybridized carbons (Fsp3) is 0.550. The minimum Gasteiger partial charge on any atom is -0.357 e. The molecule has 4 rings (SSSR count). The van der Waals surface area contributed by atoms with Gasteiger partial charge < -0.3 is 15.2 Å². The molecule has 27 heavy (non-hydrogen) atoms. The maximum absolute atomic E-state index is 12.6. The molecule has 2 N–H and O–H groups in total. The Morgan fingerprint density at radius 3 is 2.85 bits per heavy atom. The highest BCUT2D eigenvalue weighted by Crippen LogP contribution is 2.19. The Morgan fingerprint density at radius 2 is 2.07 bits per heavy atom. The van der Waals surface area contributed by atoms with Gasteiger partial charge in [0.25, 0.3) is 5.91 Å². The number of carbonyl (C=O) groups is 2. The van der Waals surface area contributed by atoms with Crippen molar-refractivity contribution in [1.82, 2.24) is 25.0 Å². The van der Waals surface area contributed by atoms with Crippen LogP contribution in [0.2, 0.25) is 0 Å². The highest BCUT2D eigenvalue weighted by Gasteiger charge is 2.22. The molecular formula is C20H27N5O2. The van der Waals surface area contributed by atoms with Crippen molar-refractivity contribution in [2.75, 3.05) is 6.54 Å². The molecule has 0 spiro atoms. The van der Waals surface area contributed by atoms with Crippen molar-refractivity contribution in [2.45, 2.75) is 64.1 Å². The van der Waals surface area contributed by atoms with Gasteiger partial charge in [-0.15, -0.1) is 0 Å². The van der Waals surface area contributed by atoms with Gasteiger partial charge in [0.15, 0.2) is 0 Å². The number of hydrogen-bond donors (Lipinski definition) is 2. The summed E-state index contributed by atoms with van der Waals surface area (Å²) in [5.74, 6) is 0.140. The minimum atomic E-state index is 0.0205. The molecule has 3 heterocycles. The molecule has 0 radical (unpaired) electrons. The average molecular weight is 369 g/mol. The first-order valence-electron chi connectivity index (χ1n) is 9.96. The summed E-state index contributed by atoms with van der Waals surface area (Å²) in [4.78, 5) is 29.6. The smallest absolute Gasteiger partial charge is 0.270 e. The molecule has 2 amide bonds. The number of carbonyl (C=O) groups excluding carboxylic acids is 2. The zero-order valence-electron chi connectivity index (χ0n) is 15.6. The van der Waals surface area contributed by atoms with E-state index in [0.29, 0.717) is 31.1 Å². The number of fused-ring (bicyclic) bond motifs is 1. The molecule has 0 aromatic carbocycles. The minimum absolute atomic E-state index is 0.0205. The molecule has 2 aromatic heterocycles. The van der Waals surface area contributed by atoms with Crippen LogP contribution in [0.15, 0.2) is 24.4 Å². The first-order chi connectivity index (χ1) is 13.2. The maximum atomic E-state index is 12.6. The summed E-state index contributed by atoms with van der Waals surface area (Å²) in [6, 6.07) is 6.05. The molecule has 2 aromatic rings. The van der Waals surface area contributed by atoms with E-state index in [2.05, 4.69) is 15.4 Å². The van der Waals surface area contributed by atoms with E-state index in [1.54, 1.807) is 12.3 Å². The monoisotopic (exact) mass is 369 g/mol. The van der Waals surface area contributed by atoms with Crippen LogP contribution in [0.4, 0.5) is 0 Å². The zero-order chi connectivity index (χ0) is 18.6. The lowest BCUT2D eigenvalue weighted by atomic mass is 10.2. The molecular weight excluding hydrogens is 342 g/mol. The number of amides is 2. The molecule has 7 heteroatoms. The van der Waals surface area contributed by atoms with E-state index in [9.17, 15) is 9.59 Å². The van der Waals surface area contributed by atoms with E-state index in [1.165, 1.54) is 12.8 Å². The Labute approximate surface area is 159 Å². The Kier molecular flexibility index (Phi) is 5.27. The van der Waals surface area contributed by atoms with Crippen LogP contribution in [0.5, 0.6) is 0 Å². The van der Waals surface area contributed by atoms with Gasteiger partial charge in [0.1, 0.15) is 5.69 Å². The van der Waals surface area contributed by atoms with Crippen LogP contribution in [-0.4, -0.2) is 44.1 Å². The van der Waals surface area contributed by atoms with Crippen molar-refractivity contribution in [3.8, 4) is 0 Å². The fourth-order valence-corrected chi connectivity index (χ4v) is 4.06. The zero-order valence-corrected chi connectivity index (χ0v) is 15.6. The Balaban J connectivity index is 1.35. The second-order valence-electron chi connectivity index (χ2n) is 7.56. The van der Waals surface area contributed by atoms with Gasteiger partial charge >= 0.3 is 0 Å². The quantitative estimate of drug-likeness (QED) is 0.848. The van der Waals surface area contributed by atoms with Gasteiger partial charge in [-0.2, -0.15) is 5.10 Å². The summed E-state index contributed by atoms with van der Waals surface area (Å²) in [7, 11) is 0. The van der Waals surface area contributed by atoms with E-state index < -0.39 is 0 Å². The molecule has 0 bridgehead atoms. The highest BCUT2D eigenvalue weighted by atomic mass is 16.2. The Bertz CT molecular complexity index is 789. The summed E-state index contributed by atoms with van der Waals surface area (Å²) >= 11 is 0. The third-order valence-electron chi connectivity index (χ3n) is 5.51. The lowest BCUT2D eigenvalue weighted by Gasteiger charge is -2.19. The molecule has 1 saturated carbocycles. The van der Waals surface area contributed by atoms with Crippen molar-refractivity contribution < 1.29 is 9.59 Å². The number of nitrogens with one attached hydrogen (secondary N) is 2. The number of aromatic nitrogens is 3. The van der Waals surface area contributed by atoms with Gasteiger partial charge in [-0.05, 0) is 37.5 Å². The van der Waals surface area contributed by atoms with Crippen molar-refractivity contribution in [3.05, 3.63) is 41.5 Å². The van der Waals surface area contributed by atoms with E-state index in [-0.39, 0.29) is 11.8 Å². The van der Waals surface area contributed by atoms with Crippen LogP contribution in [0, 0.1) is 0 Å². The number of rotatable bonds is 5. The Hall–Kier alpha value is -2.57. The lowest BCUT2D eigenvalue weighted by Crippen LogP contribution is -2.32. The van der Waals surface area contributed by atoms with Gasteiger partial charge in [0.2, 0.25) is 5.91 Å². The van der Waals surface area contributed by atoms with E-state index >= 15 is 0 Å². The average Bonchev–Trinajstić information content (AvgIpc) is 3.40. The number of H-pyrrole nitrogens is 1. The number of hydrogen-bond acceptors (Lipinski definition) is 3. The largest absolute Gasteiger partial charge is 0.357 e. The first-order valence-corrected chi connectivity index (χ1v) is 9.96. The van der Waals surface area contributed by atoms with Crippen LogP contribution in [0.3, 0.4) is 0 Å². The molecule has 1 aliphatic heterocycles. The SMILES string of the molecule is O=C(CCc1cc2n(n1)CCCN(C(=O)c1ccc[nH]1)C2)NC1CCCC1. The topological polar surface area (TPSA) is 83.0 Å². The van der Waals surface area contributed by atoms with Crippen molar-refractivity contribution >= 4 is 11.8 Å². The summed E-state index contributed by atoms with van der Waals surface area (Å²) in [5.41, 5.74) is 2.59. The molecule has 1 fully saturated rings. The highest BCUT2D eigenvalue weighted by molar-refractivity contribution is 5.92. The van der Waals surface area contributed by atoms with Crippen LogP contribution in [-0.2, 0) is 24.3 Å². The Morgan fingerprint density at radius 1 is 1.22 bits per heavy atom.